The second-order valence-corrected chi connectivity index (χ2v) is 8.06. The Balaban J connectivity index is 1.41. The van der Waals surface area contributed by atoms with Gasteiger partial charge in [-0.1, -0.05) is 11.6 Å². The lowest BCUT2D eigenvalue weighted by Crippen LogP contribution is -2.65. The van der Waals surface area contributed by atoms with Gasteiger partial charge in [-0.3, -0.25) is 0 Å². The zero-order valence-corrected chi connectivity index (χ0v) is 14.7. The predicted molar refractivity (Wildman–Crippen MR) is 91.3 cm³/mol. The van der Waals surface area contributed by atoms with Crippen LogP contribution in [0.1, 0.15) is 43.6 Å². The molecule has 2 atom stereocenters. The molecule has 2 aliphatic carbocycles. The second kappa shape index (κ2) is 6.30. The van der Waals surface area contributed by atoms with Gasteiger partial charge in [0.25, 0.3) is 0 Å². The molecule has 1 aliphatic heterocycles. The molecule has 2 unspecified atom stereocenters. The van der Waals surface area contributed by atoms with Gasteiger partial charge in [-0.2, -0.15) is 13.2 Å². The first-order valence-electron chi connectivity index (χ1n) is 8.86. The van der Waals surface area contributed by atoms with Crippen molar-refractivity contribution in [1.82, 2.24) is 4.90 Å². The van der Waals surface area contributed by atoms with Crippen molar-refractivity contribution in [3.05, 3.63) is 28.8 Å². The number of hydrogen-bond acceptors (Lipinski definition) is 2. The average Bonchev–Trinajstić information content (AvgIpc) is 2.53. The highest BCUT2D eigenvalue weighted by molar-refractivity contribution is 6.31. The molecule has 26 heavy (non-hydrogen) atoms. The van der Waals surface area contributed by atoms with Crippen LogP contribution in [0.4, 0.5) is 23.7 Å². The van der Waals surface area contributed by atoms with E-state index in [1.807, 2.05) is 0 Å². The smallest absolute Gasteiger partial charge is 0.391 e. The van der Waals surface area contributed by atoms with E-state index < -0.39 is 12.1 Å². The monoisotopic (exact) mass is 388 g/mol. The van der Waals surface area contributed by atoms with Crippen LogP contribution in [0, 0.1) is 5.92 Å². The van der Waals surface area contributed by atoms with E-state index in [1.165, 1.54) is 0 Å². The summed E-state index contributed by atoms with van der Waals surface area (Å²) in [4.78, 5) is 14.1. The number of hydrogen-bond donors (Lipinski definition) is 2. The summed E-state index contributed by atoms with van der Waals surface area (Å²) < 4.78 is 38.7. The molecule has 0 aromatic heterocycles. The zero-order valence-electron chi connectivity index (χ0n) is 14.0. The van der Waals surface area contributed by atoms with Crippen LogP contribution >= 0.6 is 11.6 Å². The van der Waals surface area contributed by atoms with Crippen molar-refractivity contribution < 1.29 is 23.1 Å². The van der Waals surface area contributed by atoms with E-state index in [4.69, 9.17) is 11.6 Å². The van der Waals surface area contributed by atoms with Crippen molar-refractivity contribution >= 4 is 23.3 Å². The summed E-state index contributed by atoms with van der Waals surface area (Å²) in [6.45, 7) is 0. The maximum absolute atomic E-state index is 12.9. The molecule has 2 N–H and O–H groups in total. The van der Waals surface area contributed by atoms with Gasteiger partial charge in [-0.05, 0) is 61.8 Å². The number of nitrogens with one attached hydrogen (secondary N) is 1. The molecule has 0 spiro atoms. The summed E-state index contributed by atoms with van der Waals surface area (Å²) in [5.74, 6) is -1.13. The fourth-order valence-electron chi connectivity index (χ4n) is 4.44. The highest BCUT2D eigenvalue weighted by Gasteiger charge is 2.54. The van der Waals surface area contributed by atoms with E-state index in [9.17, 15) is 23.1 Å². The SMILES string of the molecule is O=C(Nc1ccc(Cl)c([C@H]2C[C@H](O)C2)c1)N1C2CC1CC(C(F)(F)F)C2. The Kier molecular flexibility index (Phi) is 4.34. The first-order valence-corrected chi connectivity index (χ1v) is 9.23. The van der Waals surface area contributed by atoms with Crippen LogP contribution in [0.15, 0.2) is 18.2 Å². The van der Waals surface area contributed by atoms with Crippen molar-refractivity contribution in [2.24, 2.45) is 5.92 Å². The van der Waals surface area contributed by atoms with Crippen LogP contribution in [0.25, 0.3) is 0 Å². The number of nitrogens with zero attached hydrogens (tertiary/aromatic N) is 1. The fraction of sp³-hybridized carbons (Fsp3) is 0.611. The van der Waals surface area contributed by atoms with Crippen molar-refractivity contribution in [2.45, 2.75) is 62.4 Å². The molecule has 1 heterocycles. The molecule has 8 heteroatoms. The fourth-order valence-corrected chi connectivity index (χ4v) is 4.71. The second-order valence-electron chi connectivity index (χ2n) is 7.65. The quantitative estimate of drug-likeness (QED) is 0.782. The Hall–Kier alpha value is -1.47. The number of urea groups is 1. The molecule has 3 aliphatic rings. The van der Waals surface area contributed by atoms with E-state index in [2.05, 4.69) is 5.32 Å². The van der Waals surface area contributed by atoms with Gasteiger partial charge in [0.1, 0.15) is 0 Å². The number of anilines is 1. The van der Waals surface area contributed by atoms with Crippen molar-refractivity contribution in [2.75, 3.05) is 5.32 Å². The minimum atomic E-state index is -4.18. The van der Waals surface area contributed by atoms with Crippen molar-refractivity contribution in [3.8, 4) is 0 Å². The highest BCUT2D eigenvalue weighted by atomic mass is 35.5. The molecule has 4 nitrogen and oxygen atoms in total. The molecule has 1 aromatic rings. The Morgan fingerprint density at radius 3 is 2.38 bits per heavy atom. The molecular weight excluding hydrogens is 369 g/mol. The molecule has 4 rings (SSSR count). The number of carbonyl (C=O) groups excluding carboxylic acids is 1. The minimum absolute atomic E-state index is 0.0146. The van der Waals surface area contributed by atoms with E-state index in [-0.39, 0.29) is 43.0 Å². The molecule has 1 aromatic carbocycles. The first-order chi connectivity index (χ1) is 12.2. The van der Waals surface area contributed by atoms with E-state index in [0.29, 0.717) is 30.0 Å². The van der Waals surface area contributed by atoms with Crippen LogP contribution in [0.3, 0.4) is 0 Å². The van der Waals surface area contributed by atoms with Crippen LogP contribution in [0.2, 0.25) is 5.02 Å². The molecule has 3 fully saturated rings. The summed E-state index contributed by atoms with van der Waals surface area (Å²) in [7, 11) is 0. The van der Waals surface area contributed by atoms with Gasteiger partial charge in [0.05, 0.1) is 12.0 Å². The number of aliphatic hydroxyl groups is 1. The van der Waals surface area contributed by atoms with Crippen LogP contribution in [-0.2, 0) is 0 Å². The average molecular weight is 389 g/mol. The van der Waals surface area contributed by atoms with Gasteiger partial charge in [0.15, 0.2) is 0 Å². The van der Waals surface area contributed by atoms with Gasteiger partial charge in [-0.15, -0.1) is 0 Å². The number of aliphatic hydroxyl groups excluding tert-OH is 1. The first kappa shape index (κ1) is 17.9. The third kappa shape index (κ3) is 3.16. The highest BCUT2D eigenvalue weighted by Crippen LogP contribution is 2.47. The molecule has 0 radical (unpaired) electrons. The number of alkyl halides is 3. The number of likely N-dealkylation sites (tertiary alicyclic amines) is 1. The lowest BCUT2D eigenvalue weighted by atomic mass is 9.73. The summed E-state index contributed by atoms with van der Waals surface area (Å²) in [6, 6.07) is 4.16. The minimum Gasteiger partial charge on any atom is -0.393 e. The Morgan fingerprint density at radius 2 is 1.81 bits per heavy atom. The van der Waals surface area contributed by atoms with Gasteiger partial charge in [-0.25, -0.2) is 4.79 Å². The van der Waals surface area contributed by atoms with Gasteiger partial charge in [0.2, 0.25) is 0 Å². The predicted octanol–water partition coefficient (Wildman–Crippen LogP) is 4.53. The van der Waals surface area contributed by atoms with E-state index in [0.717, 1.165) is 5.56 Å². The summed E-state index contributed by atoms with van der Waals surface area (Å²) in [6.07, 6.45) is -2.59. The zero-order chi connectivity index (χ0) is 18.6. The molecule has 2 amide bonds. The third-order valence-electron chi connectivity index (χ3n) is 5.94. The number of rotatable bonds is 2. The van der Waals surface area contributed by atoms with Crippen molar-refractivity contribution in [3.63, 3.8) is 0 Å². The Morgan fingerprint density at radius 1 is 1.15 bits per heavy atom. The standard InChI is InChI=1S/C18H20ClF3N2O2/c19-16-2-1-11(7-15(16)9-3-14(25)4-9)23-17(26)24-12-5-10(18(20,21)22)6-13(24)8-12/h1-2,7,9-10,12-14,25H,3-6,8H2,(H,23,26)/t9-,10?,12?,13?,14-. The molecule has 1 saturated heterocycles. The number of amides is 2. The number of benzene rings is 1. The lowest BCUT2D eigenvalue weighted by Gasteiger charge is -2.55. The van der Waals surface area contributed by atoms with Gasteiger partial charge >= 0.3 is 12.2 Å². The van der Waals surface area contributed by atoms with Crippen LogP contribution < -0.4 is 5.32 Å². The number of piperidine rings is 1. The molecular formula is C18H20ClF3N2O2. The van der Waals surface area contributed by atoms with E-state index in [1.54, 1.807) is 23.1 Å². The lowest BCUT2D eigenvalue weighted by molar-refractivity contribution is -0.205. The maximum atomic E-state index is 12.9. The number of halogens is 4. The van der Waals surface area contributed by atoms with E-state index >= 15 is 0 Å². The van der Waals surface area contributed by atoms with Gasteiger partial charge < -0.3 is 15.3 Å². The normalized spacial score (nSPS) is 33.3. The Bertz CT molecular complexity index is 709. The molecule has 2 bridgehead atoms. The topological polar surface area (TPSA) is 52.6 Å². The van der Waals surface area contributed by atoms with Gasteiger partial charge in [0, 0.05) is 22.8 Å². The summed E-state index contributed by atoms with van der Waals surface area (Å²) >= 11 is 6.21. The molecule has 2 saturated carbocycles. The van der Waals surface area contributed by atoms with Crippen LogP contribution in [0.5, 0.6) is 0 Å². The Labute approximate surface area is 154 Å². The third-order valence-corrected chi connectivity index (χ3v) is 6.29. The van der Waals surface area contributed by atoms with Crippen LogP contribution in [-0.4, -0.2) is 40.4 Å². The number of fused-ring (bicyclic) bond motifs is 2. The largest absolute Gasteiger partial charge is 0.393 e. The summed E-state index contributed by atoms with van der Waals surface area (Å²) in [5, 5.41) is 12.9. The maximum Gasteiger partial charge on any atom is 0.391 e. The summed E-state index contributed by atoms with van der Waals surface area (Å²) in [5.41, 5.74) is 1.46. The molecule has 142 valence electrons. The number of carbonyl (C=O) groups is 1. The van der Waals surface area contributed by atoms with Crippen molar-refractivity contribution in [1.29, 1.82) is 0 Å².